The molecule has 13 heteroatoms. The molecule has 2 aliphatic heterocycles. The Morgan fingerprint density at radius 1 is 1.16 bits per heavy atom. The number of nitrogens with one attached hydrogen (secondary N) is 1. The van der Waals surface area contributed by atoms with Gasteiger partial charge in [-0.15, -0.1) is 6.42 Å². The fourth-order valence-electron chi connectivity index (χ4n) is 5.71. The van der Waals surface area contributed by atoms with Crippen molar-refractivity contribution >= 4 is 44.5 Å². The van der Waals surface area contributed by atoms with Crippen LogP contribution >= 0.6 is 11.3 Å². The average molecular weight is 611 g/mol. The van der Waals surface area contributed by atoms with Crippen LogP contribution < -0.4 is 11.1 Å². The smallest absolute Gasteiger partial charge is 0.333 e. The first kappa shape index (κ1) is 28.9. The molecule has 2 saturated heterocycles. The predicted octanol–water partition coefficient (Wildman–Crippen LogP) is 2.16. The number of piperazine rings is 1. The molecule has 2 aromatic heterocycles. The molecule has 0 spiro atoms. The van der Waals surface area contributed by atoms with Crippen molar-refractivity contribution < 1.29 is 19.5 Å². The molecule has 0 bridgehead atoms. The first-order chi connectivity index (χ1) is 21.3. The van der Waals surface area contributed by atoms with E-state index >= 15 is 0 Å². The molecule has 4 amide bonds. The number of urea groups is 1. The summed E-state index contributed by atoms with van der Waals surface area (Å²) in [5.74, 6) is 1.96. The summed E-state index contributed by atoms with van der Waals surface area (Å²) in [4.78, 5) is 53.1. The van der Waals surface area contributed by atoms with Gasteiger partial charge in [0.2, 0.25) is 11.8 Å². The molecule has 0 saturated carbocycles. The van der Waals surface area contributed by atoms with Crippen molar-refractivity contribution in [3.63, 3.8) is 0 Å². The van der Waals surface area contributed by atoms with E-state index in [4.69, 9.17) is 12.2 Å². The molecule has 2 aliphatic rings. The maximum absolute atomic E-state index is 14.1. The first-order valence-corrected chi connectivity index (χ1v) is 14.8. The monoisotopic (exact) mass is 610 g/mol. The Balaban J connectivity index is 1.32. The van der Waals surface area contributed by atoms with E-state index in [1.165, 1.54) is 33.5 Å². The maximum Gasteiger partial charge on any atom is 0.333 e. The molecule has 4 N–H and O–H groups in total. The molecule has 4 heterocycles. The second-order valence-corrected chi connectivity index (χ2v) is 11.6. The van der Waals surface area contributed by atoms with E-state index in [2.05, 4.69) is 21.2 Å². The van der Waals surface area contributed by atoms with Crippen LogP contribution in [-0.2, 0) is 29.1 Å². The van der Waals surface area contributed by atoms with Gasteiger partial charge >= 0.3 is 6.03 Å². The molecular formula is C31H30N8O4S. The van der Waals surface area contributed by atoms with Gasteiger partial charge in [-0.05, 0) is 29.3 Å². The van der Waals surface area contributed by atoms with Crippen molar-refractivity contribution in [1.29, 1.82) is 0 Å². The minimum Gasteiger partial charge on any atom is -0.506 e. The number of rotatable bonds is 8. The fraction of sp³-hybridized carbons (Fsp3) is 0.258. The Morgan fingerprint density at radius 3 is 2.73 bits per heavy atom. The van der Waals surface area contributed by atoms with Crippen LogP contribution in [0.15, 0.2) is 66.9 Å². The summed E-state index contributed by atoms with van der Waals surface area (Å²) in [6.45, 7) is 0.419. The number of fused-ring (bicyclic) bond motifs is 2. The first-order valence-electron chi connectivity index (χ1n) is 14.0. The van der Waals surface area contributed by atoms with Gasteiger partial charge in [0.05, 0.1) is 36.0 Å². The van der Waals surface area contributed by atoms with E-state index in [0.29, 0.717) is 10.8 Å². The quantitative estimate of drug-likeness (QED) is 0.257. The lowest BCUT2D eigenvalue weighted by atomic mass is 10.0. The SMILES string of the molecule is C#CCN(C(=O)NCc1ccccc1)N1CC(=O)N2[C@@H](Cc3ccc(O)cn3)C(=O)N(Cc3cccc4sc(N)nc34)C[C@@H]21. The lowest BCUT2D eigenvalue weighted by Crippen LogP contribution is -2.66. The molecule has 224 valence electrons. The minimum absolute atomic E-state index is 0.00581. The summed E-state index contributed by atoms with van der Waals surface area (Å²) in [7, 11) is 0. The molecule has 44 heavy (non-hydrogen) atoms. The summed E-state index contributed by atoms with van der Waals surface area (Å²) in [6, 6.07) is 16.9. The van der Waals surface area contributed by atoms with Gasteiger partial charge in [0.25, 0.3) is 0 Å². The number of pyridine rings is 1. The van der Waals surface area contributed by atoms with E-state index in [9.17, 15) is 19.5 Å². The highest BCUT2D eigenvalue weighted by molar-refractivity contribution is 7.22. The second kappa shape index (κ2) is 12.2. The number of nitrogen functional groups attached to an aromatic ring is 1. The van der Waals surface area contributed by atoms with E-state index in [0.717, 1.165) is 21.3 Å². The molecule has 0 aliphatic carbocycles. The van der Waals surface area contributed by atoms with Crippen LogP contribution in [0.3, 0.4) is 0 Å². The van der Waals surface area contributed by atoms with Crippen LogP contribution in [0.25, 0.3) is 10.2 Å². The number of nitrogens with two attached hydrogens (primary N) is 1. The third kappa shape index (κ3) is 5.72. The van der Waals surface area contributed by atoms with Gasteiger partial charge in [0.15, 0.2) is 5.13 Å². The van der Waals surface area contributed by atoms with Crippen molar-refractivity contribution in [2.75, 3.05) is 25.4 Å². The summed E-state index contributed by atoms with van der Waals surface area (Å²) in [5.41, 5.74) is 8.96. The largest absolute Gasteiger partial charge is 0.506 e. The van der Waals surface area contributed by atoms with Crippen molar-refractivity contribution in [3.8, 4) is 18.1 Å². The number of carbonyl (C=O) groups is 3. The van der Waals surface area contributed by atoms with Crippen molar-refractivity contribution in [2.45, 2.75) is 31.7 Å². The minimum atomic E-state index is -0.900. The van der Waals surface area contributed by atoms with Crippen LogP contribution in [0.1, 0.15) is 16.8 Å². The molecule has 6 rings (SSSR count). The molecule has 4 aromatic rings. The Kier molecular flexibility index (Phi) is 8.01. The van der Waals surface area contributed by atoms with Crippen LogP contribution in [0.4, 0.5) is 9.93 Å². The Labute approximate surface area is 257 Å². The summed E-state index contributed by atoms with van der Waals surface area (Å²) >= 11 is 1.37. The van der Waals surface area contributed by atoms with E-state index in [1.54, 1.807) is 16.0 Å². The van der Waals surface area contributed by atoms with Crippen molar-refractivity contribution in [3.05, 3.63) is 83.7 Å². The van der Waals surface area contributed by atoms with Gasteiger partial charge in [0.1, 0.15) is 18.0 Å². The number of hydrogen-bond donors (Lipinski definition) is 3. The molecule has 2 atom stereocenters. The molecule has 2 fully saturated rings. The highest BCUT2D eigenvalue weighted by Crippen LogP contribution is 2.32. The second-order valence-electron chi connectivity index (χ2n) is 10.5. The number of hydrogen-bond acceptors (Lipinski definition) is 9. The van der Waals surface area contributed by atoms with E-state index in [1.807, 2.05) is 48.5 Å². The Hall–Kier alpha value is -5.19. The molecule has 2 aromatic carbocycles. The molecule has 0 radical (unpaired) electrons. The summed E-state index contributed by atoms with van der Waals surface area (Å²) in [5, 5.41) is 16.1. The predicted molar refractivity (Wildman–Crippen MR) is 164 cm³/mol. The van der Waals surface area contributed by atoms with Crippen LogP contribution in [-0.4, -0.2) is 84.6 Å². The number of hydrazine groups is 1. The van der Waals surface area contributed by atoms with Crippen molar-refractivity contribution in [1.82, 2.24) is 35.1 Å². The zero-order valence-electron chi connectivity index (χ0n) is 23.7. The molecule has 12 nitrogen and oxygen atoms in total. The van der Waals surface area contributed by atoms with Crippen LogP contribution in [0.5, 0.6) is 5.75 Å². The van der Waals surface area contributed by atoms with Gasteiger partial charge in [-0.3, -0.25) is 14.6 Å². The van der Waals surface area contributed by atoms with Crippen LogP contribution in [0, 0.1) is 12.3 Å². The van der Waals surface area contributed by atoms with E-state index < -0.39 is 18.2 Å². The number of amides is 4. The lowest BCUT2D eigenvalue weighted by Gasteiger charge is -2.46. The van der Waals surface area contributed by atoms with Crippen LogP contribution in [0.2, 0.25) is 0 Å². The zero-order valence-corrected chi connectivity index (χ0v) is 24.5. The molecular weight excluding hydrogens is 580 g/mol. The van der Waals surface area contributed by atoms with Crippen molar-refractivity contribution in [2.24, 2.45) is 0 Å². The van der Waals surface area contributed by atoms with Gasteiger partial charge < -0.3 is 26.0 Å². The number of aromatic hydroxyl groups is 1. The van der Waals surface area contributed by atoms with Gasteiger partial charge in [-0.25, -0.2) is 14.8 Å². The highest BCUT2D eigenvalue weighted by atomic mass is 32.1. The van der Waals surface area contributed by atoms with Gasteiger partial charge in [0, 0.05) is 25.2 Å². The maximum atomic E-state index is 14.1. The number of benzene rings is 2. The number of thiazole rings is 1. The third-order valence-corrected chi connectivity index (χ3v) is 8.58. The van der Waals surface area contributed by atoms with Gasteiger partial charge in [-0.1, -0.05) is 59.7 Å². The lowest BCUT2D eigenvalue weighted by molar-refractivity contribution is -0.157. The standard InChI is InChI=1S/C31H30N8O4S/c1-2-13-37(31(43)34-15-20-7-4-3-5-8-20)38-19-27(41)39-24(14-22-11-12-23(40)16-33-22)29(42)36(18-26(38)39)17-21-9-6-10-25-28(21)35-30(32)44-25/h1,3-12,16,24,26,40H,13-15,17-19H2,(H2,32,35)(H,34,43)/t24-,26+/m0/s1. The zero-order chi connectivity index (χ0) is 30.8. The Morgan fingerprint density at radius 2 is 1.98 bits per heavy atom. The number of terminal acetylenes is 1. The molecule has 0 unspecified atom stereocenters. The summed E-state index contributed by atoms with van der Waals surface area (Å²) < 4.78 is 0.906. The normalized spacial score (nSPS) is 18.3. The number of carbonyl (C=O) groups excluding carboxylic acids is 3. The average Bonchev–Trinajstić information content (AvgIpc) is 3.57. The topological polar surface area (TPSA) is 148 Å². The fourth-order valence-corrected chi connectivity index (χ4v) is 6.49. The number of nitrogens with zero attached hydrogens (tertiary/aromatic N) is 6. The third-order valence-electron chi connectivity index (χ3n) is 7.73. The number of anilines is 1. The highest BCUT2D eigenvalue weighted by Gasteiger charge is 2.52. The van der Waals surface area contributed by atoms with E-state index in [-0.39, 0.29) is 56.7 Å². The summed E-state index contributed by atoms with van der Waals surface area (Å²) in [6.07, 6.45) is 6.44. The Bertz CT molecular complexity index is 1740. The van der Waals surface area contributed by atoms with Gasteiger partial charge in [-0.2, -0.15) is 5.01 Å². The number of para-hydroxylation sites is 1. The number of aromatic nitrogens is 2.